The molecule has 0 atom stereocenters. The number of methoxy groups -OCH3 is 1. The number of anilines is 1. The molecule has 0 aliphatic heterocycles. The van der Waals surface area contributed by atoms with Crippen LogP contribution in [0.5, 0.6) is 0 Å². The Hall–Kier alpha value is -2.95. The number of ketones is 1. The third-order valence-corrected chi connectivity index (χ3v) is 3.04. The molecule has 0 bridgehead atoms. The van der Waals surface area contributed by atoms with E-state index in [1.807, 2.05) is 36.4 Å². The summed E-state index contributed by atoms with van der Waals surface area (Å²) >= 11 is 0. The maximum atomic E-state index is 11.5. The summed E-state index contributed by atoms with van der Waals surface area (Å²) in [4.78, 5) is 26.9. The zero-order valence-electron chi connectivity index (χ0n) is 12.4. The van der Waals surface area contributed by atoms with Crippen LogP contribution in [0.4, 0.5) is 5.69 Å². The van der Waals surface area contributed by atoms with Crippen molar-refractivity contribution >= 4 is 17.4 Å². The lowest BCUT2D eigenvalue weighted by Crippen LogP contribution is -2.13. The Kier molecular flexibility index (Phi) is 5.03. The predicted octanol–water partition coefficient (Wildman–Crippen LogP) is 2.81. The molecule has 0 aliphatic rings. The van der Waals surface area contributed by atoms with Gasteiger partial charge in [-0.25, -0.2) is 4.79 Å². The van der Waals surface area contributed by atoms with E-state index >= 15 is 0 Å². The average molecular weight is 296 g/mol. The van der Waals surface area contributed by atoms with E-state index in [9.17, 15) is 9.59 Å². The monoisotopic (exact) mass is 296 g/mol. The second kappa shape index (κ2) is 7.17. The minimum absolute atomic E-state index is 0.0307. The molecule has 1 heterocycles. The topological polar surface area (TPSA) is 68.3 Å². The van der Waals surface area contributed by atoms with Crippen molar-refractivity contribution in [2.24, 2.45) is 0 Å². The summed E-state index contributed by atoms with van der Waals surface area (Å²) in [5.41, 5.74) is 2.76. The fourth-order valence-electron chi connectivity index (χ4n) is 1.90. The maximum Gasteiger partial charge on any atom is 0.342 e. The number of hydrogen-bond acceptors (Lipinski definition) is 5. The van der Waals surface area contributed by atoms with E-state index in [0.29, 0.717) is 0 Å². The first-order valence-electron chi connectivity index (χ1n) is 6.68. The fraction of sp³-hybridized carbons (Fsp3) is 0.118. The highest BCUT2D eigenvalue weighted by atomic mass is 16.5. The minimum Gasteiger partial charge on any atom is -0.465 e. The quantitative estimate of drug-likeness (QED) is 0.398. The zero-order chi connectivity index (χ0) is 15.9. The molecular formula is C17H16N2O3. The molecule has 1 aromatic carbocycles. The number of hydrogen-bond donors (Lipinski definition) is 1. The van der Waals surface area contributed by atoms with Gasteiger partial charge in [0, 0.05) is 24.3 Å². The highest BCUT2D eigenvalue weighted by molar-refractivity contribution is 6.16. The third kappa shape index (κ3) is 3.79. The molecule has 0 amide bonds. The molecule has 0 saturated heterocycles. The van der Waals surface area contributed by atoms with Crippen molar-refractivity contribution in [3.05, 3.63) is 60.6 Å². The molecule has 2 aromatic rings. The van der Waals surface area contributed by atoms with E-state index in [-0.39, 0.29) is 11.4 Å². The van der Waals surface area contributed by atoms with Crippen molar-refractivity contribution in [1.29, 1.82) is 0 Å². The highest BCUT2D eigenvalue weighted by Gasteiger charge is 2.14. The summed E-state index contributed by atoms with van der Waals surface area (Å²) in [6.45, 7) is 1.32. The van der Waals surface area contributed by atoms with E-state index in [1.165, 1.54) is 20.2 Å². The van der Waals surface area contributed by atoms with Gasteiger partial charge in [0.05, 0.1) is 7.11 Å². The summed E-state index contributed by atoms with van der Waals surface area (Å²) in [5, 5.41) is 2.95. The molecule has 5 nitrogen and oxygen atoms in total. The molecule has 22 heavy (non-hydrogen) atoms. The smallest absolute Gasteiger partial charge is 0.342 e. The molecule has 2 rings (SSSR count). The first-order valence-corrected chi connectivity index (χ1v) is 6.68. The third-order valence-electron chi connectivity index (χ3n) is 3.04. The largest absolute Gasteiger partial charge is 0.465 e. The van der Waals surface area contributed by atoms with Crippen LogP contribution in [-0.2, 0) is 14.3 Å². The molecule has 0 unspecified atom stereocenters. The van der Waals surface area contributed by atoms with Gasteiger partial charge in [-0.3, -0.25) is 9.78 Å². The van der Waals surface area contributed by atoms with Crippen molar-refractivity contribution < 1.29 is 14.3 Å². The van der Waals surface area contributed by atoms with Crippen LogP contribution >= 0.6 is 0 Å². The van der Waals surface area contributed by atoms with Gasteiger partial charge < -0.3 is 10.1 Å². The SMILES string of the molecule is COC(=O)C(=CNc1cccc(-c2ccncc2)c1)C(C)=O. The summed E-state index contributed by atoms with van der Waals surface area (Å²) in [5.74, 6) is -1.02. The van der Waals surface area contributed by atoms with Gasteiger partial charge in [-0.1, -0.05) is 12.1 Å². The van der Waals surface area contributed by atoms with Gasteiger partial charge in [-0.15, -0.1) is 0 Å². The Labute approximate surface area is 128 Å². The molecule has 1 aromatic heterocycles. The van der Waals surface area contributed by atoms with E-state index in [1.54, 1.807) is 12.4 Å². The van der Waals surface area contributed by atoms with Crippen molar-refractivity contribution in [2.75, 3.05) is 12.4 Å². The van der Waals surface area contributed by atoms with Crippen molar-refractivity contribution in [2.45, 2.75) is 6.92 Å². The Balaban J connectivity index is 2.24. The van der Waals surface area contributed by atoms with Crippen LogP contribution in [0, 0.1) is 0 Å². The highest BCUT2D eigenvalue weighted by Crippen LogP contribution is 2.22. The second-order valence-electron chi connectivity index (χ2n) is 4.57. The number of ether oxygens (including phenoxy) is 1. The number of benzene rings is 1. The number of nitrogens with zero attached hydrogens (tertiary/aromatic N) is 1. The molecule has 112 valence electrons. The Morgan fingerprint density at radius 1 is 1.14 bits per heavy atom. The van der Waals surface area contributed by atoms with E-state index in [2.05, 4.69) is 15.0 Å². The van der Waals surface area contributed by atoms with Gasteiger partial charge in [0.1, 0.15) is 5.57 Å². The average Bonchev–Trinajstić information content (AvgIpc) is 2.55. The van der Waals surface area contributed by atoms with E-state index in [4.69, 9.17) is 0 Å². The Morgan fingerprint density at radius 2 is 1.86 bits per heavy atom. The summed E-state index contributed by atoms with van der Waals surface area (Å²) < 4.78 is 4.58. The standard InChI is InChI=1S/C17H16N2O3/c1-12(20)16(17(21)22-2)11-19-15-5-3-4-14(10-15)13-6-8-18-9-7-13/h3-11,19H,1-2H3. The van der Waals surface area contributed by atoms with E-state index in [0.717, 1.165) is 16.8 Å². The van der Waals surface area contributed by atoms with E-state index < -0.39 is 5.97 Å². The number of aromatic nitrogens is 1. The molecule has 0 radical (unpaired) electrons. The Bertz CT molecular complexity index is 709. The first kappa shape index (κ1) is 15.4. The minimum atomic E-state index is -0.662. The number of pyridine rings is 1. The number of nitrogens with one attached hydrogen (secondary N) is 1. The van der Waals surface area contributed by atoms with Crippen molar-refractivity contribution in [3.63, 3.8) is 0 Å². The number of carbonyl (C=O) groups is 2. The molecule has 0 saturated carbocycles. The van der Waals surface area contributed by atoms with Crippen molar-refractivity contribution in [3.8, 4) is 11.1 Å². The van der Waals surface area contributed by atoms with Crippen LogP contribution in [0.3, 0.4) is 0 Å². The molecular weight excluding hydrogens is 280 g/mol. The van der Waals surface area contributed by atoms with Crippen LogP contribution in [-0.4, -0.2) is 23.8 Å². The zero-order valence-corrected chi connectivity index (χ0v) is 12.4. The number of carbonyl (C=O) groups excluding carboxylic acids is 2. The van der Waals surface area contributed by atoms with Crippen LogP contribution < -0.4 is 5.32 Å². The van der Waals surface area contributed by atoms with Gasteiger partial charge in [0.2, 0.25) is 0 Å². The normalized spacial score (nSPS) is 10.9. The van der Waals surface area contributed by atoms with Gasteiger partial charge in [-0.2, -0.15) is 0 Å². The Morgan fingerprint density at radius 3 is 2.50 bits per heavy atom. The lowest BCUT2D eigenvalue weighted by atomic mass is 10.1. The van der Waals surface area contributed by atoms with Gasteiger partial charge in [0.15, 0.2) is 5.78 Å². The van der Waals surface area contributed by atoms with Crippen LogP contribution in [0.2, 0.25) is 0 Å². The predicted molar refractivity (Wildman–Crippen MR) is 84.1 cm³/mol. The number of esters is 1. The summed E-state index contributed by atoms with van der Waals surface area (Å²) in [6, 6.07) is 11.4. The lowest BCUT2D eigenvalue weighted by molar-refractivity contribution is -0.137. The van der Waals surface area contributed by atoms with Crippen LogP contribution in [0.15, 0.2) is 60.6 Å². The number of rotatable bonds is 5. The van der Waals surface area contributed by atoms with Gasteiger partial charge in [0.25, 0.3) is 0 Å². The summed E-state index contributed by atoms with van der Waals surface area (Å²) in [6.07, 6.45) is 4.81. The van der Waals surface area contributed by atoms with Gasteiger partial charge >= 0.3 is 5.97 Å². The molecule has 0 aliphatic carbocycles. The molecule has 0 spiro atoms. The molecule has 1 N–H and O–H groups in total. The maximum absolute atomic E-state index is 11.5. The number of Topliss-reactive ketones (excluding diaryl/α,β-unsaturated/α-hetero) is 1. The molecule has 5 heteroatoms. The lowest BCUT2D eigenvalue weighted by Gasteiger charge is -2.07. The first-order chi connectivity index (χ1) is 10.6. The fourth-order valence-corrected chi connectivity index (χ4v) is 1.90. The van der Waals surface area contributed by atoms with Crippen molar-refractivity contribution in [1.82, 2.24) is 4.98 Å². The van der Waals surface area contributed by atoms with Crippen LogP contribution in [0.1, 0.15) is 6.92 Å². The molecule has 0 fully saturated rings. The second-order valence-corrected chi connectivity index (χ2v) is 4.57. The van der Waals surface area contributed by atoms with Crippen LogP contribution in [0.25, 0.3) is 11.1 Å². The summed E-state index contributed by atoms with van der Waals surface area (Å²) in [7, 11) is 1.24. The van der Waals surface area contributed by atoms with Gasteiger partial charge in [-0.05, 0) is 42.3 Å².